The maximum Gasteiger partial charge on any atom is 0.323 e. The first kappa shape index (κ1) is 15.1. The molecule has 1 aromatic carbocycles. The van der Waals surface area contributed by atoms with Gasteiger partial charge in [0.25, 0.3) is 5.56 Å². The lowest BCUT2D eigenvalue weighted by Crippen LogP contribution is -2.27. The van der Waals surface area contributed by atoms with Gasteiger partial charge in [-0.2, -0.15) is 0 Å². The van der Waals surface area contributed by atoms with E-state index in [4.69, 9.17) is 9.84 Å². The molecule has 3 rings (SSSR count). The molecule has 0 amide bonds. The lowest BCUT2D eigenvalue weighted by atomic mass is 10.1. The van der Waals surface area contributed by atoms with E-state index in [0.29, 0.717) is 6.54 Å². The summed E-state index contributed by atoms with van der Waals surface area (Å²) in [5.41, 5.74) is 1.71. The van der Waals surface area contributed by atoms with Crippen LogP contribution in [0, 0.1) is 0 Å². The van der Waals surface area contributed by atoms with Crippen LogP contribution in [0.3, 0.4) is 0 Å². The number of benzene rings is 1. The first-order valence-corrected chi connectivity index (χ1v) is 7.32. The van der Waals surface area contributed by atoms with Crippen LogP contribution in [0.2, 0.25) is 0 Å². The molecule has 2 heterocycles. The molecule has 2 N–H and O–H groups in total. The minimum Gasteiger partial charge on any atom is -0.490 e. The van der Waals surface area contributed by atoms with Gasteiger partial charge in [-0.05, 0) is 24.1 Å². The Labute approximate surface area is 132 Å². The molecule has 0 aliphatic carbocycles. The van der Waals surface area contributed by atoms with Gasteiger partial charge in [-0.15, -0.1) is 0 Å². The van der Waals surface area contributed by atoms with Crippen LogP contribution in [0.15, 0.2) is 35.4 Å². The van der Waals surface area contributed by atoms with Gasteiger partial charge in [0.1, 0.15) is 18.4 Å². The highest BCUT2D eigenvalue weighted by Gasteiger charge is 2.18. The number of ether oxygens (including phenoxy) is 1. The minimum atomic E-state index is -1.07. The number of carbonyl (C=O) groups is 1. The summed E-state index contributed by atoms with van der Waals surface area (Å²) < 4.78 is 6.76. The molecule has 7 heteroatoms. The monoisotopic (exact) mass is 315 g/mol. The average molecular weight is 315 g/mol. The lowest BCUT2D eigenvalue weighted by Gasteiger charge is -2.08. The Balaban J connectivity index is 1.73. The zero-order chi connectivity index (χ0) is 16.4. The predicted octanol–water partition coefficient (Wildman–Crippen LogP) is 1.26. The fourth-order valence-corrected chi connectivity index (χ4v) is 2.61. The molecule has 120 valence electrons. The van der Waals surface area contributed by atoms with Crippen LogP contribution in [0.1, 0.15) is 18.1 Å². The Kier molecular flexibility index (Phi) is 4.01. The van der Waals surface area contributed by atoms with Gasteiger partial charge < -0.3 is 15.2 Å². The van der Waals surface area contributed by atoms with Gasteiger partial charge >= 0.3 is 5.97 Å². The van der Waals surface area contributed by atoms with Crippen LogP contribution in [-0.2, 0) is 24.3 Å². The van der Waals surface area contributed by atoms with E-state index in [-0.39, 0.29) is 18.5 Å². The van der Waals surface area contributed by atoms with Gasteiger partial charge in [0.2, 0.25) is 0 Å². The van der Waals surface area contributed by atoms with Crippen LogP contribution in [0.5, 0.6) is 5.75 Å². The van der Waals surface area contributed by atoms with Crippen molar-refractivity contribution >= 4 is 11.8 Å². The first-order valence-electron chi connectivity index (χ1n) is 7.32. The summed E-state index contributed by atoms with van der Waals surface area (Å²) in [6, 6.07) is 5.91. The molecule has 7 nitrogen and oxygen atoms in total. The van der Waals surface area contributed by atoms with Gasteiger partial charge in [0.15, 0.2) is 5.82 Å². The Morgan fingerprint density at radius 3 is 3.13 bits per heavy atom. The second-order valence-electron chi connectivity index (χ2n) is 5.53. The van der Waals surface area contributed by atoms with Crippen molar-refractivity contribution in [2.45, 2.75) is 32.5 Å². The van der Waals surface area contributed by atoms with Gasteiger partial charge in [-0.3, -0.25) is 14.2 Å². The molecule has 23 heavy (non-hydrogen) atoms. The van der Waals surface area contributed by atoms with Gasteiger partial charge in [-0.25, -0.2) is 4.98 Å². The summed E-state index contributed by atoms with van der Waals surface area (Å²) >= 11 is 0. The Morgan fingerprint density at radius 1 is 1.52 bits per heavy atom. The van der Waals surface area contributed by atoms with E-state index in [1.54, 1.807) is 0 Å². The fourth-order valence-electron chi connectivity index (χ4n) is 2.61. The number of rotatable bonds is 5. The van der Waals surface area contributed by atoms with E-state index >= 15 is 0 Å². The van der Waals surface area contributed by atoms with Crippen molar-refractivity contribution in [1.29, 1.82) is 0 Å². The largest absolute Gasteiger partial charge is 0.490 e. The van der Waals surface area contributed by atoms with Crippen molar-refractivity contribution in [3.63, 3.8) is 0 Å². The molecule has 1 aliphatic heterocycles. The third-order valence-corrected chi connectivity index (χ3v) is 3.64. The van der Waals surface area contributed by atoms with E-state index < -0.39 is 11.5 Å². The van der Waals surface area contributed by atoms with E-state index in [9.17, 15) is 9.59 Å². The first-order chi connectivity index (χ1) is 11.0. The van der Waals surface area contributed by atoms with Gasteiger partial charge in [0.05, 0.1) is 0 Å². The van der Waals surface area contributed by atoms with Crippen LogP contribution in [0.4, 0.5) is 5.82 Å². The quantitative estimate of drug-likeness (QED) is 0.863. The third kappa shape index (κ3) is 3.33. The number of aliphatic carboxylic acids is 1. The van der Waals surface area contributed by atoms with Crippen molar-refractivity contribution < 1.29 is 14.6 Å². The van der Waals surface area contributed by atoms with E-state index in [2.05, 4.69) is 10.3 Å². The number of fused-ring (bicyclic) bond motifs is 1. The maximum absolute atomic E-state index is 12.1. The summed E-state index contributed by atoms with van der Waals surface area (Å²) in [6.07, 6.45) is 3.82. The average Bonchev–Trinajstić information content (AvgIpc) is 2.87. The maximum atomic E-state index is 12.1. The number of carboxylic acid groups (broad SMARTS) is 1. The molecule has 1 unspecified atom stereocenters. The highest BCUT2D eigenvalue weighted by atomic mass is 16.5. The van der Waals surface area contributed by atoms with E-state index in [1.807, 2.05) is 25.1 Å². The van der Waals surface area contributed by atoms with Gasteiger partial charge in [0, 0.05) is 25.4 Å². The summed E-state index contributed by atoms with van der Waals surface area (Å²) in [6.45, 7) is 2.07. The van der Waals surface area contributed by atoms with Crippen LogP contribution in [0.25, 0.3) is 0 Å². The normalized spacial score (nSPS) is 15.8. The molecule has 0 radical (unpaired) electrons. The number of anilines is 1. The molecule has 1 aliphatic rings. The van der Waals surface area contributed by atoms with E-state index in [0.717, 1.165) is 27.9 Å². The van der Waals surface area contributed by atoms with Crippen molar-refractivity contribution in [2.75, 3.05) is 5.32 Å². The molecule has 0 spiro atoms. The zero-order valence-electron chi connectivity index (χ0n) is 12.7. The predicted molar refractivity (Wildman–Crippen MR) is 83.7 cm³/mol. The number of carboxylic acids is 1. The highest BCUT2D eigenvalue weighted by Crippen LogP contribution is 2.29. The number of nitrogens with one attached hydrogen (secondary N) is 1. The molecular weight excluding hydrogens is 298 g/mol. The Hall–Kier alpha value is -2.83. The van der Waals surface area contributed by atoms with Crippen molar-refractivity contribution in [3.8, 4) is 5.75 Å². The molecule has 1 atom stereocenters. The van der Waals surface area contributed by atoms with Crippen LogP contribution < -0.4 is 15.6 Å². The third-order valence-electron chi connectivity index (χ3n) is 3.64. The second-order valence-corrected chi connectivity index (χ2v) is 5.53. The number of nitrogens with zero attached hydrogens (tertiary/aromatic N) is 2. The van der Waals surface area contributed by atoms with Crippen LogP contribution >= 0.6 is 0 Å². The zero-order valence-corrected chi connectivity index (χ0v) is 12.7. The Bertz CT molecular complexity index is 800. The van der Waals surface area contributed by atoms with Crippen molar-refractivity contribution in [3.05, 3.63) is 52.1 Å². The highest BCUT2D eigenvalue weighted by molar-refractivity contribution is 5.66. The molecule has 0 fully saturated rings. The lowest BCUT2D eigenvalue weighted by molar-refractivity contribution is -0.137. The SMILES string of the molecule is CC1Cc2cc(CNc3nccn(CC(=O)O)c3=O)ccc2O1. The smallest absolute Gasteiger partial charge is 0.323 e. The van der Waals surface area contributed by atoms with Crippen LogP contribution in [-0.4, -0.2) is 26.7 Å². The Morgan fingerprint density at radius 2 is 2.35 bits per heavy atom. The number of aromatic nitrogens is 2. The minimum absolute atomic E-state index is 0.138. The van der Waals surface area contributed by atoms with Gasteiger partial charge in [-0.1, -0.05) is 12.1 Å². The summed E-state index contributed by atoms with van der Waals surface area (Å²) in [5, 5.41) is 11.8. The second kappa shape index (κ2) is 6.12. The molecule has 0 saturated heterocycles. The number of hydrogen-bond donors (Lipinski definition) is 2. The topological polar surface area (TPSA) is 93.5 Å². The molecule has 0 saturated carbocycles. The summed E-state index contributed by atoms with van der Waals surface area (Å²) in [7, 11) is 0. The fraction of sp³-hybridized carbons (Fsp3) is 0.312. The van der Waals surface area contributed by atoms with E-state index in [1.165, 1.54) is 12.4 Å². The summed E-state index contributed by atoms with van der Waals surface area (Å²) in [4.78, 5) is 26.8. The molecule has 1 aromatic heterocycles. The summed E-state index contributed by atoms with van der Waals surface area (Å²) in [5.74, 6) is -0.0289. The molecule has 2 aromatic rings. The number of hydrogen-bond acceptors (Lipinski definition) is 5. The molecular formula is C16H17N3O4. The molecule has 0 bridgehead atoms. The van der Waals surface area contributed by atoms with Crippen molar-refractivity contribution in [2.24, 2.45) is 0 Å². The standard InChI is InChI=1S/C16H17N3O4/c1-10-6-12-7-11(2-3-13(12)23-10)8-18-15-16(22)19(5-4-17-15)9-14(20)21/h2-5,7,10H,6,8-9H2,1H3,(H,17,18)(H,20,21). The van der Waals surface area contributed by atoms with Crippen molar-refractivity contribution in [1.82, 2.24) is 9.55 Å².